The second-order valence-corrected chi connectivity index (χ2v) is 3.78. The zero-order chi connectivity index (χ0) is 13.5. The van der Waals surface area contributed by atoms with Gasteiger partial charge in [0.05, 0.1) is 19.8 Å². The van der Waals surface area contributed by atoms with Crippen molar-refractivity contribution < 1.29 is 19.1 Å². The van der Waals surface area contributed by atoms with Crippen molar-refractivity contribution in [2.45, 2.75) is 12.8 Å². The van der Waals surface area contributed by atoms with Crippen molar-refractivity contribution in [3.05, 3.63) is 47.5 Å². The predicted molar refractivity (Wildman–Crippen MR) is 67.3 cm³/mol. The molecule has 0 amide bonds. The van der Waals surface area contributed by atoms with Gasteiger partial charge >= 0.3 is 11.9 Å². The van der Waals surface area contributed by atoms with Crippen molar-refractivity contribution in [3.63, 3.8) is 0 Å². The van der Waals surface area contributed by atoms with Gasteiger partial charge in [0.2, 0.25) is 0 Å². The van der Waals surface area contributed by atoms with E-state index >= 15 is 0 Å². The Bertz CT molecular complexity index is 445. The fraction of sp³-hybridized carbons (Fsp3) is 0.286. The standard InChI is InChI=1S/C14H16O4/c1-10(13(15)17-2)4-5-11-6-8-12(9-7-11)14(16)18-3/h6-9H,1,4-5H2,2-3H3. The average molecular weight is 248 g/mol. The topological polar surface area (TPSA) is 52.6 Å². The Morgan fingerprint density at radius 2 is 1.72 bits per heavy atom. The van der Waals surface area contributed by atoms with Gasteiger partial charge in [-0.15, -0.1) is 0 Å². The fourth-order valence-electron chi connectivity index (χ4n) is 1.47. The minimum atomic E-state index is -0.388. The van der Waals surface area contributed by atoms with Gasteiger partial charge in [-0.3, -0.25) is 0 Å². The molecular weight excluding hydrogens is 232 g/mol. The third kappa shape index (κ3) is 3.73. The first-order chi connectivity index (χ1) is 8.58. The van der Waals surface area contributed by atoms with Crippen LogP contribution in [0.15, 0.2) is 36.4 Å². The molecule has 0 aliphatic heterocycles. The third-order valence-corrected chi connectivity index (χ3v) is 2.56. The van der Waals surface area contributed by atoms with Crippen molar-refractivity contribution in [1.82, 2.24) is 0 Å². The maximum atomic E-state index is 11.2. The van der Waals surface area contributed by atoms with E-state index in [0.29, 0.717) is 24.0 Å². The largest absolute Gasteiger partial charge is 0.466 e. The monoisotopic (exact) mass is 248 g/mol. The minimum Gasteiger partial charge on any atom is -0.466 e. The van der Waals surface area contributed by atoms with Crippen LogP contribution in [0.5, 0.6) is 0 Å². The Hall–Kier alpha value is -2.10. The SMILES string of the molecule is C=C(CCc1ccc(C(=O)OC)cc1)C(=O)OC. The molecule has 0 saturated carbocycles. The van der Waals surface area contributed by atoms with E-state index in [1.54, 1.807) is 12.1 Å². The van der Waals surface area contributed by atoms with Gasteiger partial charge in [-0.05, 0) is 30.5 Å². The number of esters is 2. The molecule has 0 atom stereocenters. The van der Waals surface area contributed by atoms with Crippen LogP contribution in [-0.2, 0) is 20.7 Å². The molecule has 0 spiro atoms. The van der Waals surface area contributed by atoms with Gasteiger partial charge in [-0.1, -0.05) is 18.7 Å². The highest BCUT2D eigenvalue weighted by Gasteiger charge is 2.07. The van der Waals surface area contributed by atoms with Crippen LogP contribution in [0.4, 0.5) is 0 Å². The Morgan fingerprint density at radius 3 is 2.22 bits per heavy atom. The maximum absolute atomic E-state index is 11.2. The van der Waals surface area contributed by atoms with Crippen molar-refractivity contribution in [1.29, 1.82) is 0 Å². The van der Waals surface area contributed by atoms with Gasteiger partial charge in [0.15, 0.2) is 0 Å². The molecule has 0 aliphatic carbocycles. The maximum Gasteiger partial charge on any atom is 0.337 e. The number of aryl methyl sites for hydroxylation is 1. The molecule has 0 fully saturated rings. The smallest absolute Gasteiger partial charge is 0.337 e. The van der Waals surface area contributed by atoms with Crippen LogP contribution in [0.2, 0.25) is 0 Å². The first-order valence-electron chi connectivity index (χ1n) is 5.52. The highest BCUT2D eigenvalue weighted by Crippen LogP contribution is 2.11. The van der Waals surface area contributed by atoms with Crippen molar-refractivity contribution >= 4 is 11.9 Å². The van der Waals surface area contributed by atoms with Gasteiger partial charge in [0.25, 0.3) is 0 Å². The lowest BCUT2D eigenvalue weighted by molar-refractivity contribution is -0.136. The summed E-state index contributed by atoms with van der Waals surface area (Å²) < 4.78 is 9.17. The number of hydrogen-bond donors (Lipinski definition) is 0. The Labute approximate surface area is 106 Å². The van der Waals surface area contributed by atoms with Crippen molar-refractivity contribution in [3.8, 4) is 0 Å². The first-order valence-corrected chi connectivity index (χ1v) is 5.52. The molecule has 0 N–H and O–H groups in total. The van der Waals surface area contributed by atoms with E-state index in [9.17, 15) is 9.59 Å². The molecule has 0 heterocycles. The summed E-state index contributed by atoms with van der Waals surface area (Å²) >= 11 is 0. The van der Waals surface area contributed by atoms with Gasteiger partial charge in [-0.2, -0.15) is 0 Å². The molecule has 0 unspecified atom stereocenters. The molecule has 4 nitrogen and oxygen atoms in total. The summed E-state index contributed by atoms with van der Waals surface area (Å²) in [5, 5.41) is 0. The number of methoxy groups -OCH3 is 2. The van der Waals surface area contributed by atoms with Crippen LogP contribution in [0.25, 0.3) is 0 Å². The molecule has 0 aliphatic rings. The normalized spacial score (nSPS) is 9.67. The lowest BCUT2D eigenvalue weighted by Crippen LogP contribution is -2.05. The van der Waals surface area contributed by atoms with E-state index < -0.39 is 0 Å². The summed E-state index contributed by atoms with van der Waals surface area (Å²) in [5.74, 6) is -0.748. The van der Waals surface area contributed by atoms with E-state index in [0.717, 1.165) is 5.56 Å². The quantitative estimate of drug-likeness (QED) is 0.591. The zero-order valence-electron chi connectivity index (χ0n) is 10.6. The van der Waals surface area contributed by atoms with Gasteiger partial charge in [-0.25, -0.2) is 9.59 Å². The molecule has 1 aromatic rings. The molecule has 0 bridgehead atoms. The summed E-state index contributed by atoms with van der Waals surface area (Å²) in [6.07, 6.45) is 1.21. The lowest BCUT2D eigenvalue weighted by Gasteiger charge is -2.04. The van der Waals surface area contributed by atoms with Gasteiger partial charge in [0.1, 0.15) is 0 Å². The average Bonchev–Trinajstić information content (AvgIpc) is 2.43. The van der Waals surface area contributed by atoms with Crippen LogP contribution in [0, 0.1) is 0 Å². The minimum absolute atomic E-state index is 0.361. The molecule has 18 heavy (non-hydrogen) atoms. The molecule has 4 heteroatoms. The Kier molecular flexibility index (Phi) is 5.11. The summed E-state index contributed by atoms with van der Waals surface area (Å²) in [6, 6.07) is 7.05. The summed E-state index contributed by atoms with van der Waals surface area (Å²) in [4.78, 5) is 22.4. The van der Waals surface area contributed by atoms with E-state index in [4.69, 9.17) is 0 Å². The van der Waals surface area contributed by atoms with E-state index in [1.807, 2.05) is 12.1 Å². The number of benzene rings is 1. The highest BCUT2D eigenvalue weighted by molar-refractivity contribution is 5.89. The van der Waals surface area contributed by atoms with Crippen LogP contribution < -0.4 is 0 Å². The zero-order valence-corrected chi connectivity index (χ0v) is 10.6. The third-order valence-electron chi connectivity index (χ3n) is 2.56. The molecule has 0 radical (unpaired) electrons. The molecule has 0 saturated heterocycles. The van der Waals surface area contributed by atoms with Crippen molar-refractivity contribution in [2.75, 3.05) is 14.2 Å². The van der Waals surface area contributed by atoms with Gasteiger partial charge in [0, 0.05) is 5.57 Å². The predicted octanol–water partition coefficient (Wildman–Crippen LogP) is 2.13. The molecule has 0 aromatic heterocycles. The molecule has 1 aromatic carbocycles. The Morgan fingerprint density at radius 1 is 1.11 bits per heavy atom. The fourth-order valence-corrected chi connectivity index (χ4v) is 1.47. The van der Waals surface area contributed by atoms with E-state index in [2.05, 4.69) is 16.1 Å². The highest BCUT2D eigenvalue weighted by atomic mass is 16.5. The summed E-state index contributed by atoms with van der Waals surface area (Å²) in [7, 11) is 2.68. The molecular formula is C14H16O4. The van der Waals surface area contributed by atoms with Crippen LogP contribution in [0.3, 0.4) is 0 Å². The van der Waals surface area contributed by atoms with E-state index in [1.165, 1.54) is 14.2 Å². The lowest BCUT2D eigenvalue weighted by atomic mass is 10.0. The first kappa shape index (κ1) is 14.0. The number of ether oxygens (including phenoxy) is 2. The Balaban J connectivity index is 2.57. The molecule has 1 rings (SSSR count). The summed E-state index contributed by atoms with van der Waals surface area (Å²) in [5.41, 5.74) is 1.97. The number of hydrogen-bond acceptors (Lipinski definition) is 4. The van der Waals surface area contributed by atoms with Gasteiger partial charge < -0.3 is 9.47 Å². The summed E-state index contributed by atoms with van der Waals surface area (Å²) in [6.45, 7) is 3.65. The van der Waals surface area contributed by atoms with E-state index in [-0.39, 0.29) is 11.9 Å². The second kappa shape index (κ2) is 6.59. The van der Waals surface area contributed by atoms with Crippen LogP contribution in [0.1, 0.15) is 22.3 Å². The number of rotatable bonds is 5. The van der Waals surface area contributed by atoms with Crippen LogP contribution >= 0.6 is 0 Å². The number of carbonyl (C=O) groups excluding carboxylic acids is 2. The van der Waals surface area contributed by atoms with Crippen molar-refractivity contribution in [2.24, 2.45) is 0 Å². The van der Waals surface area contributed by atoms with Crippen LogP contribution in [-0.4, -0.2) is 26.2 Å². The second-order valence-electron chi connectivity index (χ2n) is 3.78. The molecule has 96 valence electrons. The number of carbonyl (C=O) groups is 2.